The molecule has 4 rings (SSSR count). The average Bonchev–Trinajstić information content (AvgIpc) is 3.48. The molecule has 0 spiro atoms. The Morgan fingerprint density at radius 3 is 2.62 bits per heavy atom. The number of aromatic amines is 1. The fourth-order valence-corrected chi connectivity index (χ4v) is 3.76. The molecule has 2 fully saturated rings. The Kier molecular flexibility index (Phi) is 4.89. The molecule has 1 aliphatic heterocycles. The van der Waals surface area contributed by atoms with E-state index in [-0.39, 0.29) is 17.5 Å². The van der Waals surface area contributed by atoms with Crippen LogP contribution < -0.4 is 10.9 Å². The van der Waals surface area contributed by atoms with Crippen LogP contribution >= 0.6 is 0 Å². The van der Waals surface area contributed by atoms with E-state index in [0.717, 1.165) is 43.1 Å². The smallest absolute Gasteiger partial charge is 0.248 e. The van der Waals surface area contributed by atoms with Crippen LogP contribution in [0.15, 0.2) is 47.3 Å². The van der Waals surface area contributed by atoms with Crippen molar-refractivity contribution >= 4 is 11.6 Å². The van der Waals surface area contributed by atoms with Gasteiger partial charge in [-0.05, 0) is 61.9 Å². The van der Waals surface area contributed by atoms with E-state index in [0.29, 0.717) is 6.54 Å². The van der Waals surface area contributed by atoms with Crippen LogP contribution in [0.4, 0.5) is 5.69 Å². The molecule has 1 saturated heterocycles. The predicted octanol–water partition coefficient (Wildman–Crippen LogP) is 3.25. The second-order valence-electron chi connectivity index (χ2n) is 7.41. The molecule has 5 heteroatoms. The summed E-state index contributed by atoms with van der Waals surface area (Å²) in [5, 5.41) is 3.07. The van der Waals surface area contributed by atoms with E-state index in [1.165, 1.54) is 24.5 Å². The van der Waals surface area contributed by atoms with E-state index < -0.39 is 0 Å². The van der Waals surface area contributed by atoms with E-state index in [2.05, 4.69) is 27.3 Å². The first-order valence-corrected chi connectivity index (χ1v) is 9.52. The summed E-state index contributed by atoms with van der Waals surface area (Å²) in [6.45, 7) is 1.46. The first kappa shape index (κ1) is 17.0. The Hall–Kier alpha value is -2.40. The van der Waals surface area contributed by atoms with E-state index in [9.17, 15) is 9.59 Å². The molecule has 1 atom stereocenters. The number of carbonyl (C=O) groups is 1. The summed E-state index contributed by atoms with van der Waals surface area (Å²) in [7, 11) is 0. The molecule has 0 unspecified atom stereocenters. The number of piperidine rings is 1. The molecule has 5 nitrogen and oxygen atoms in total. The zero-order valence-electron chi connectivity index (χ0n) is 14.9. The maximum absolute atomic E-state index is 12.8. The number of anilines is 1. The van der Waals surface area contributed by atoms with Gasteiger partial charge >= 0.3 is 0 Å². The zero-order valence-corrected chi connectivity index (χ0v) is 14.9. The number of H-pyrrole nitrogens is 1. The number of pyridine rings is 1. The van der Waals surface area contributed by atoms with E-state index in [1.807, 2.05) is 18.2 Å². The Morgan fingerprint density at radius 1 is 1.08 bits per heavy atom. The van der Waals surface area contributed by atoms with Gasteiger partial charge in [-0.3, -0.25) is 14.5 Å². The van der Waals surface area contributed by atoms with Crippen LogP contribution in [0.2, 0.25) is 0 Å². The first-order chi connectivity index (χ1) is 12.7. The summed E-state index contributed by atoms with van der Waals surface area (Å²) in [5.41, 5.74) is 2.98. The normalized spacial score (nSPS) is 20.7. The summed E-state index contributed by atoms with van der Waals surface area (Å²) in [5.74, 6) is 0.767. The molecule has 2 N–H and O–H groups in total. The molecule has 1 aromatic heterocycles. The summed E-state index contributed by atoms with van der Waals surface area (Å²) in [6.07, 6.45) is 5.55. The first-order valence-electron chi connectivity index (χ1n) is 9.52. The fourth-order valence-electron chi connectivity index (χ4n) is 3.76. The summed E-state index contributed by atoms with van der Waals surface area (Å²) in [6, 6.07) is 13.3. The maximum Gasteiger partial charge on any atom is 0.248 e. The molecule has 2 aromatic rings. The van der Waals surface area contributed by atoms with Gasteiger partial charge in [0.15, 0.2) is 0 Å². The molecular formula is C21H25N3O2. The number of nitrogens with one attached hydrogen (secondary N) is 2. The van der Waals surface area contributed by atoms with Gasteiger partial charge in [-0.2, -0.15) is 0 Å². The van der Waals surface area contributed by atoms with Gasteiger partial charge in [0.05, 0.1) is 6.04 Å². The number of hydrogen-bond donors (Lipinski definition) is 2. The molecule has 1 amide bonds. The number of likely N-dealkylation sites (tertiary alicyclic amines) is 1. The highest BCUT2D eigenvalue weighted by molar-refractivity contribution is 5.94. The SMILES string of the molecule is O=C(Nc1ccc(C2CC2)cc1)[C@H]1CCCCN1Cc1cccc(=O)[nH]1. The van der Waals surface area contributed by atoms with Gasteiger partial charge < -0.3 is 10.3 Å². The Labute approximate surface area is 153 Å². The number of amides is 1. The van der Waals surface area contributed by atoms with Crippen molar-refractivity contribution in [2.75, 3.05) is 11.9 Å². The van der Waals surface area contributed by atoms with Crippen molar-refractivity contribution in [1.29, 1.82) is 0 Å². The third-order valence-corrected chi connectivity index (χ3v) is 5.35. The zero-order chi connectivity index (χ0) is 17.9. The van der Waals surface area contributed by atoms with Crippen LogP contribution in [0.5, 0.6) is 0 Å². The summed E-state index contributed by atoms with van der Waals surface area (Å²) < 4.78 is 0. The fraction of sp³-hybridized carbons (Fsp3) is 0.429. The van der Waals surface area contributed by atoms with Crippen molar-refractivity contribution < 1.29 is 4.79 Å². The molecule has 2 heterocycles. The topological polar surface area (TPSA) is 65.2 Å². The highest BCUT2D eigenvalue weighted by Crippen LogP contribution is 2.40. The third kappa shape index (κ3) is 4.05. The highest BCUT2D eigenvalue weighted by atomic mass is 16.2. The van der Waals surface area contributed by atoms with Crippen LogP contribution in [0.1, 0.15) is 49.3 Å². The van der Waals surface area contributed by atoms with Gasteiger partial charge in [0.25, 0.3) is 0 Å². The van der Waals surface area contributed by atoms with Crippen LogP contribution in [-0.4, -0.2) is 28.4 Å². The number of hydrogen-bond acceptors (Lipinski definition) is 3. The molecule has 136 valence electrons. The van der Waals surface area contributed by atoms with E-state index in [4.69, 9.17) is 0 Å². The second-order valence-corrected chi connectivity index (χ2v) is 7.41. The summed E-state index contributed by atoms with van der Waals surface area (Å²) in [4.78, 5) is 29.4. The van der Waals surface area contributed by atoms with Crippen LogP contribution in [-0.2, 0) is 11.3 Å². The van der Waals surface area contributed by atoms with Gasteiger partial charge in [-0.1, -0.05) is 24.6 Å². The molecule has 1 aliphatic carbocycles. The maximum atomic E-state index is 12.8. The number of aromatic nitrogens is 1. The van der Waals surface area contributed by atoms with Crippen molar-refractivity contribution in [3.05, 3.63) is 64.1 Å². The Balaban J connectivity index is 1.42. The highest BCUT2D eigenvalue weighted by Gasteiger charge is 2.29. The predicted molar refractivity (Wildman–Crippen MR) is 102 cm³/mol. The average molecular weight is 351 g/mol. The van der Waals surface area contributed by atoms with Crippen LogP contribution in [0.25, 0.3) is 0 Å². The van der Waals surface area contributed by atoms with Gasteiger partial charge in [0, 0.05) is 24.0 Å². The molecule has 2 aliphatic rings. The minimum Gasteiger partial charge on any atom is -0.325 e. The van der Waals surface area contributed by atoms with Crippen LogP contribution in [0.3, 0.4) is 0 Å². The van der Waals surface area contributed by atoms with Gasteiger partial charge in [-0.25, -0.2) is 0 Å². The third-order valence-electron chi connectivity index (χ3n) is 5.35. The molecule has 26 heavy (non-hydrogen) atoms. The van der Waals surface area contributed by atoms with Crippen molar-refractivity contribution in [3.63, 3.8) is 0 Å². The lowest BCUT2D eigenvalue weighted by molar-refractivity contribution is -0.122. The minimum absolute atomic E-state index is 0.0437. The number of rotatable bonds is 5. The second kappa shape index (κ2) is 7.46. The standard InChI is InChI=1S/C21H25N3O2/c25-20-6-3-4-18(22-20)14-24-13-2-1-5-19(24)21(26)23-17-11-9-16(10-12-17)15-7-8-15/h3-4,6,9-12,15,19H,1-2,5,7-8,13-14H2,(H,22,25)(H,23,26)/t19-/m1/s1. The van der Waals surface area contributed by atoms with Crippen molar-refractivity contribution in [3.8, 4) is 0 Å². The lowest BCUT2D eigenvalue weighted by Crippen LogP contribution is -2.46. The Morgan fingerprint density at radius 2 is 1.88 bits per heavy atom. The van der Waals surface area contributed by atoms with Gasteiger partial charge in [-0.15, -0.1) is 0 Å². The van der Waals surface area contributed by atoms with Crippen molar-refractivity contribution in [2.45, 2.75) is 50.6 Å². The van der Waals surface area contributed by atoms with E-state index >= 15 is 0 Å². The largest absolute Gasteiger partial charge is 0.325 e. The summed E-state index contributed by atoms with van der Waals surface area (Å²) >= 11 is 0. The number of nitrogens with zero attached hydrogens (tertiary/aromatic N) is 1. The Bertz CT molecular complexity index is 824. The van der Waals surface area contributed by atoms with Gasteiger partial charge in [0.2, 0.25) is 11.5 Å². The van der Waals surface area contributed by atoms with Crippen LogP contribution in [0, 0.1) is 0 Å². The molecule has 0 radical (unpaired) electrons. The van der Waals surface area contributed by atoms with E-state index in [1.54, 1.807) is 6.07 Å². The minimum atomic E-state index is -0.157. The quantitative estimate of drug-likeness (QED) is 0.869. The van der Waals surface area contributed by atoms with Crippen molar-refractivity contribution in [1.82, 2.24) is 9.88 Å². The molecule has 0 bridgehead atoms. The number of benzene rings is 1. The molecular weight excluding hydrogens is 326 g/mol. The lowest BCUT2D eigenvalue weighted by atomic mass is 10.0. The van der Waals surface area contributed by atoms with Gasteiger partial charge in [0.1, 0.15) is 0 Å². The monoisotopic (exact) mass is 351 g/mol. The molecule has 1 aromatic carbocycles. The van der Waals surface area contributed by atoms with Crippen molar-refractivity contribution in [2.24, 2.45) is 0 Å². The lowest BCUT2D eigenvalue weighted by Gasteiger charge is -2.34. The molecule has 1 saturated carbocycles. The number of carbonyl (C=O) groups excluding carboxylic acids is 1.